The van der Waals surface area contributed by atoms with E-state index in [9.17, 15) is 0 Å². The number of hydrogen-bond donors (Lipinski definition) is 0. The molecule has 0 saturated heterocycles. The quantitative estimate of drug-likeness (QED) is 0.129. The van der Waals surface area contributed by atoms with Gasteiger partial charge in [-0.15, -0.1) is 0 Å². The lowest BCUT2D eigenvalue weighted by molar-refractivity contribution is 1.30. The van der Waals surface area contributed by atoms with E-state index in [0.29, 0.717) is 0 Å². The molecule has 2 heterocycles. The molecule has 0 N–H and O–H groups in total. The summed E-state index contributed by atoms with van der Waals surface area (Å²) in [6.45, 7) is 0. The number of fused-ring (bicyclic) bond motifs is 2. The third kappa shape index (κ3) is 7.65. The van der Waals surface area contributed by atoms with Crippen molar-refractivity contribution in [3.63, 3.8) is 0 Å². The molecule has 0 amide bonds. The highest BCUT2D eigenvalue weighted by Gasteiger charge is 2.24. The third-order valence-corrected chi connectivity index (χ3v) is 12.5. The molecule has 0 aliphatic heterocycles. The fraction of sp³-hybridized carbons (Fsp3) is 0. The summed E-state index contributed by atoms with van der Waals surface area (Å²) in [6, 6.07) is 81.6. The summed E-state index contributed by atoms with van der Waals surface area (Å²) in [6.07, 6.45) is 3.54. The molecule has 0 fully saturated rings. The first-order valence-corrected chi connectivity index (χ1v) is 22.4. The molecule has 0 radical (unpaired) electrons. The standard InChI is InChI=1S/C60H40N4S/c1-7-19-41(20-8-1)51(42-21-9-2-10-22-42)53(45-27-15-5-16-28-45)47-31-35-49(36-32-47)55-57-58(62-40-39-61-57)56(60-59(55)63-65-64-60)50-37-33-48(34-38-50)54(46-29-17-6-18-30-46)52(43-23-11-3-12-24-43)44-25-13-4-14-26-44/h1-40H. The minimum Gasteiger partial charge on any atom is -0.252 e. The van der Waals surface area contributed by atoms with Crippen molar-refractivity contribution in [2.45, 2.75) is 0 Å². The topological polar surface area (TPSA) is 51.6 Å². The molecule has 306 valence electrons. The van der Waals surface area contributed by atoms with Crippen molar-refractivity contribution in [3.8, 4) is 22.3 Å². The van der Waals surface area contributed by atoms with E-state index in [0.717, 1.165) is 100.0 Å². The summed E-state index contributed by atoms with van der Waals surface area (Å²) < 4.78 is 9.93. The van der Waals surface area contributed by atoms with Crippen molar-refractivity contribution in [1.29, 1.82) is 0 Å². The van der Waals surface area contributed by atoms with E-state index in [1.54, 1.807) is 12.4 Å². The van der Waals surface area contributed by atoms with Crippen LogP contribution in [0, 0.1) is 0 Å². The summed E-state index contributed by atoms with van der Waals surface area (Å²) in [5.74, 6) is 0. The molecule has 11 rings (SSSR count). The minimum absolute atomic E-state index is 0.785. The first-order valence-electron chi connectivity index (χ1n) is 21.7. The summed E-state index contributed by atoms with van der Waals surface area (Å²) in [5, 5.41) is 0. The van der Waals surface area contributed by atoms with Crippen molar-refractivity contribution >= 4 is 56.1 Å². The average Bonchev–Trinajstić information content (AvgIpc) is 3.87. The molecule has 0 bridgehead atoms. The largest absolute Gasteiger partial charge is 0.252 e. The van der Waals surface area contributed by atoms with Gasteiger partial charge in [0, 0.05) is 23.5 Å². The Morgan fingerprint density at radius 2 is 0.477 bits per heavy atom. The van der Waals surface area contributed by atoms with Crippen LogP contribution in [0.5, 0.6) is 0 Å². The van der Waals surface area contributed by atoms with Gasteiger partial charge in [-0.25, -0.2) is 0 Å². The number of nitrogens with zero attached hydrogens (tertiary/aromatic N) is 4. The Morgan fingerprint density at radius 1 is 0.246 bits per heavy atom. The van der Waals surface area contributed by atoms with Crippen LogP contribution in [0.25, 0.3) is 66.6 Å². The highest BCUT2D eigenvalue weighted by atomic mass is 32.1. The maximum Gasteiger partial charge on any atom is 0.115 e. The minimum atomic E-state index is 0.785. The smallest absolute Gasteiger partial charge is 0.115 e. The van der Waals surface area contributed by atoms with E-state index < -0.39 is 0 Å². The second-order valence-electron chi connectivity index (χ2n) is 15.8. The van der Waals surface area contributed by atoms with E-state index in [1.807, 2.05) is 0 Å². The Balaban J connectivity index is 1.06. The number of aromatic nitrogens is 4. The van der Waals surface area contributed by atoms with Crippen LogP contribution < -0.4 is 0 Å². The zero-order valence-electron chi connectivity index (χ0n) is 35.3. The van der Waals surface area contributed by atoms with Crippen LogP contribution in [0.1, 0.15) is 44.5 Å². The van der Waals surface area contributed by atoms with E-state index in [2.05, 4.69) is 231 Å². The normalized spacial score (nSPS) is 11.1. The molecule has 0 spiro atoms. The molecule has 5 heteroatoms. The van der Waals surface area contributed by atoms with Crippen LogP contribution >= 0.6 is 11.7 Å². The number of hydrogen-bond acceptors (Lipinski definition) is 5. The van der Waals surface area contributed by atoms with Gasteiger partial charge in [0.2, 0.25) is 0 Å². The van der Waals surface area contributed by atoms with Crippen LogP contribution in [0.4, 0.5) is 0 Å². The Labute approximate surface area is 382 Å². The zero-order valence-corrected chi connectivity index (χ0v) is 36.1. The van der Waals surface area contributed by atoms with Gasteiger partial charge in [0.1, 0.15) is 11.0 Å². The van der Waals surface area contributed by atoms with E-state index >= 15 is 0 Å². The number of benzene rings is 9. The Hall–Kier alpha value is -8.38. The molecule has 9 aromatic carbocycles. The zero-order chi connectivity index (χ0) is 43.4. The van der Waals surface area contributed by atoms with Crippen LogP contribution in [0.15, 0.2) is 243 Å². The van der Waals surface area contributed by atoms with Gasteiger partial charge in [0.25, 0.3) is 0 Å². The van der Waals surface area contributed by atoms with Gasteiger partial charge in [-0.1, -0.05) is 231 Å². The molecule has 0 aliphatic carbocycles. The van der Waals surface area contributed by atoms with Gasteiger partial charge in [-0.2, -0.15) is 8.75 Å². The third-order valence-electron chi connectivity index (χ3n) is 11.9. The van der Waals surface area contributed by atoms with E-state index in [1.165, 1.54) is 22.9 Å². The van der Waals surface area contributed by atoms with Crippen molar-refractivity contribution in [2.75, 3.05) is 0 Å². The fourth-order valence-corrected chi connectivity index (χ4v) is 9.61. The molecule has 0 aliphatic rings. The van der Waals surface area contributed by atoms with Crippen molar-refractivity contribution in [1.82, 2.24) is 18.7 Å². The van der Waals surface area contributed by atoms with Gasteiger partial charge in [-0.3, -0.25) is 9.97 Å². The predicted octanol–water partition coefficient (Wildman–Crippen LogP) is 15.0. The highest BCUT2D eigenvalue weighted by Crippen LogP contribution is 2.44. The van der Waals surface area contributed by atoms with Gasteiger partial charge < -0.3 is 0 Å². The van der Waals surface area contributed by atoms with Crippen molar-refractivity contribution < 1.29 is 0 Å². The van der Waals surface area contributed by atoms with E-state index in [4.69, 9.17) is 18.7 Å². The van der Waals surface area contributed by atoms with Gasteiger partial charge >= 0.3 is 0 Å². The van der Waals surface area contributed by atoms with Crippen LogP contribution in [-0.4, -0.2) is 18.7 Å². The molecule has 0 saturated carbocycles. The van der Waals surface area contributed by atoms with Gasteiger partial charge in [0.05, 0.1) is 22.8 Å². The molecule has 65 heavy (non-hydrogen) atoms. The summed E-state index contributed by atoms with van der Waals surface area (Å²) in [7, 11) is 0. The molecule has 4 nitrogen and oxygen atoms in total. The molecule has 0 atom stereocenters. The molecule has 0 unspecified atom stereocenters. The Morgan fingerprint density at radius 3 is 0.723 bits per heavy atom. The van der Waals surface area contributed by atoms with Crippen molar-refractivity contribution in [3.05, 3.63) is 287 Å². The first-order chi connectivity index (χ1) is 32.3. The maximum absolute atomic E-state index is 5.02. The Bertz CT molecular complexity index is 3140. The SMILES string of the molecule is c1ccc(C(=C(c2ccccc2)c2ccc(-c3c4nccnc4c(-c4ccc(C(=C(c5ccccc5)c5ccccc5)c5ccccc5)cc4)c4nsnc34)cc2)c2ccccc2)cc1. The molecule has 2 aromatic heterocycles. The lowest BCUT2D eigenvalue weighted by Gasteiger charge is -2.19. The lowest BCUT2D eigenvalue weighted by atomic mass is 9.85. The van der Waals surface area contributed by atoms with Gasteiger partial charge in [0.15, 0.2) is 0 Å². The summed E-state index contributed by atoms with van der Waals surface area (Å²) in [4.78, 5) is 10.0. The fourth-order valence-electron chi connectivity index (χ4n) is 9.05. The molecule has 11 aromatic rings. The Kier molecular flexibility index (Phi) is 10.8. The monoisotopic (exact) mass is 848 g/mol. The van der Waals surface area contributed by atoms with Crippen LogP contribution in [0.3, 0.4) is 0 Å². The second-order valence-corrected chi connectivity index (χ2v) is 16.3. The summed E-state index contributed by atoms with van der Waals surface area (Å²) in [5.41, 5.74) is 20.8. The lowest BCUT2D eigenvalue weighted by Crippen LogP contribution is -1.98. The first kappa shape index (κ1) is 39.5. The summed E-state index contributed by atoms with van der Waals surface area (Å²) >= 11 is 1.22. The van der Waals surface area contributed by atoms with E-state index in [-0.39, 0.29) is 0 Å². The van der Waals surface area contributed by atoms with Crippen LogP contribution in [0.2, 0.25) is 0 Å². The van der Waals surface area contributed by atoms with Gasteiger partial charge in [-0.05, 0) is 77.9 Å². The highest BCUT2D eigenvalue weighted by molar-refractivity contribution is 7.00. The second kappa shape index (κ2) is 17.8. The van der Waals surface area contributed by atoms with Crippen LogP contribution in [-0.2, 0) is 0 Å². The molecular weight excluding hydrogens is 809 g/mol. The predicted molar refractivity (Wildman–Crippen MR) is 270 cm³/mol. The average molecular weight is 849 g/mol. The number of rotatable bonds is 10. The molecular formula is C60H40N4S. The van der Waals surface area contributed by atoms with Crippen molar-refractivity contribution in [2.24, 2.45) is 0 Å². The maximum atomic E-state index is 5.02.